The van der Waals surface area contributed by atoms with Crippen LogP contribution in [0.5, 0.6) is 11.5 Å². The van der Waals surface area contributed by atoms with Crippen molar-refractivity contribution in [3.8, 4) is 17.6 Å². The summed E-state index contributed by atoms with van der Waals surface area (Å²) in [6.45, 7) is 2.02. The number of benzene rings is 2. The van der Waals surface area contributed by atoms with Gasteiger partial charge >= 0.3 is 0 Å². The number of ether oxygens (including phenoxy) is 1. The van der Waals surface area contributed by atoms with Gasteiger partial charge in [0.25, 0.3) is 0 Å². The molecule has 24 heavy (non-hydrogen) atoms. The summed E-state index contributed by atoms with van der Waals surface area (Å²) in [5, 5.41) is 10.2. The highest BCUT2D eigenvalue weighted by Crippen LogP contribution is 2.37. The van der Waals surface area contributed by atoms with Crippen LogP contribution < -0.4 is 4.74 Å². The van der Waals surface area contributed by atoms with Gasteiger partial charge in [-0.25, -0.2) is 4.31 Å². The predicted molar refractivity (Wildman–Crippen MR) is 102 cm³/mol. The molecule has 1 saturated heterocycles. The molecular formula is C17H14Cl2N2OS2. The Morgan fingerprint density at radius 2 is 1.79 bits per heavy atom. The number of halogens is 2. The molecule has 0 amide bonds. The van der Waals surface area contributed by atoms with E-state index in [-0.39, 0.29) is 0 Å². The van der Waals surface area contributed by atoms with E-state index in [4.69, 9.17) is 33.2 Å². The van der Waals surface area contributed by atoms with Gasteiger partial charge in [0.1, 0.15) is 11.5 Å². The van der Waals surface area contributed by atoms with Gasteiger partial charge in [-0.3, -0.25) is 0 Å². The fraction of sp³-hybridized carbons (Fsp3) is 0.235. The molecule has 7 heteroatoms. The molecule has 0 N–H and O–H groups in total. The van der Waals surface area contributed by atoms with Crippen LogP contribution in [0.3, 0.4) is 0 Å². The minimum atomic E-state index is 0.522. The summed E-state index contributed by atoms with van der Waals surface area (Å²) in [5.74, 6) is 3.50. The summed E-state index contributed by atoms with van der Waals surface area (Å²) in [6.07, 6.45) is 0. The maximum atomic E-state index is 9.17. The lowest BCUT2D eigenvalue weighted by Crippen LogP contribution is -2.26. The van der Waals surface area contributed by atoms with Crippen LogP contribution in [0.1, 0.15) is 5.56 Å². The van der Waals surface area contributed by atoms with Crippen LogP contribution >= 0.6 is 46.9 Å². The van der Waals surface area contributed by atoms with Crippen molar-refractivity contribution < 1.29 is 4.74 Å². The SMILES string of the molecule is N#Cc1ccc(Oc2cc(Cl)cc(Cl)c2)c(SN2CCSCC2)c1. The second-order valence-corrected chi connectivity index (χ2v) is 8.35. The molecule has 1 aliphatic heterocycles. The summed E-state index contributed by atoms with van der Waals surface area (Å²) in [7, 11) is 0. The Labute approximate surface area is 160 Å². The van der Waals surface area contributed by atoms with Gasteiger partial charge in [0.2, 0.25) is 0 Å². The number of hydrogen-bond donors (Lipinski definition) is 0. The zero-order valence-corrected chi connectivity index (χ0v) is 15.8. The molecule has 1 aliphatic rings. The Balaban J connectivity index is 1.86. The zero-order valence-electron chi connectivity index (χ0n) is 12.7. The molecule has 1 heterocycles. The number of nitriles is 1. The number of thioether (sulfide) groups is 1. The van der Waals surface area contributed by atoms with Crippen molar-refractivity contribution in [2.45, 2.75) is 4.90 Å². The van der Waals surface area contributed by atoms with Crippen LogP contribution in [0.2, 0.25) is 10.0 Å². The van der Waals surface area contributed by atoms with Crippen LogP contribution in [0.25, 0.3) is 0 Å². The minimum Gasteiger partial charge on any atom is -0.456 e. The van der Waals surface area contributed by atoms with Crippen LogP contribution in [-0.2, 0) is 0 Å². The molecule has 0 saturated carbocycles. The average Bonchev–Trinajstić information content (AvgIpc) is 2.56. The summed E-state index contributed by atoms with van der Waals surface area (Å²) in [6, 6.07) is 12.7. The van der Waals surface area contributed by atoms with Crippen molar-refractivity contribution in [3.63, 3.8) is 0 Å². The molecule has 124 valence electrons. The highest BCUT2D eigenvalue weighted by atomic mass is 35.5. The van der Waals surface area contributed by atoms with Gasteiger partial charge in [0.15, 0.2) is 0 Å². The van der Waals surface area contributed by atoms with E-state index < -0.39 is 0 Å². The molecule has 0 aromatic heterocycles. The third kappa shape index (κ3) is 4.75. The van der Waals surface area contributed by atoms with Crippen LogP contribution in [0.4, 0.5) is 0 Å². The van der Waals surface area contributed by atoms with Gasteiger partial charge < -0.3 is 4.74 Å². The van der Waals surface area contributed by atoms with Crippen molar-refractivity contribution >= 4 is 46.9 Å². The van der Waals surface area contributed by atoms with Crippen LogP contribution in [0, 0.1) is 11.3 Å². The van der Waals surface area contributed by atoms with Gasteiger partial charge in [0, 0.05) is 34.6 Å². The van der Waals surface area contributed by atoms with E-state index in [0.29, 0.717) is 27.1 Å². The lowest BCUT2D eigenvalue weighted by molar-refractivity contribution is 0.467. The normalized spacial score (nSPS) is 15.0. The molecular weight excluding hydrogens is 383 g/mol. The Morgan fingerprint density at radius 1 is 1.08 bits per heavy atom. The molecule has 0 aliphatic carbocycles. The highest BCUT2D eigenvalue weighted by Gasteiger charge is 2.16. The average molecular weight is 397 g/mol. The molecule has 3 nitrogen and oxygen atoms in total. The summed E-state index contributed by atoms with van der Waals surface area (Å²) < 4.78 is 8.28. The fourth-order valence-electron chi connectivity index (χ4n) is 2.22. The predicted octanol–water partition coefficient (Wildman–Crippen LogP) is 5.71. The van der Waals surface area contributed by atoms with Crippen molar-refractivity contribution in [1.29, 1.82) is 5.26 Å². The maximum absolute atomic E-state index is 9.17. The van der Waals surface area contributed by atoms with E-state index in [1.165, 1.54) is 0 Å². The third-order valence-electron chi connectivity index (χ3n) is 3.33. The van der Waals surface area contributed by atoms with Gasteiger partial charge in [-0.2, -0.15) is 17.0 Å². The highest BCUT2D eigenvalue weighted by molar-refractivity contribution is 8.00. The second kappa shape index (κ2) is 8.37. The summed E-state index contributed by atoms with van der Waals surface area (Å²) >= 11 is 15.7. The molecule has 3 rings (SSSR count). The topological polar surface area (TPSA) is 36.3 Å². The quantitative estimate of drug-likeness (QED) is 0.618. The first-order valence-electron chi connectivity index (χ1n) is 7.33. The Morgan fingerprint density at radius 3 is 2.46 bits per heavy atom. The minimum absolute atomic E-state index is 0.522. The van der Waals surface area contributed by atoms with Crippen molar-refractivity contribution in [1.82, 2.24) is 4.31 Å². The maximum Gasteiger partial charge on any atom is 0.142 e. The lowest BCUT2D eigenvalue weighted by Gasteiger charge is -2.25. The molecule has 0 spiro atoms. The first kappa shape index (κ1) is 17.8. The van der Waals surface area contributed by atoms with E-state index in [1.54, 1.807) is 36.2 Å². The molecule has 2 aromatic rings. The molecule has 0 atom stereocenters. The lowest BCUT2D eigenvalue weighted by atomic mass is 10.2. The van der Waals surface area contributed by atoms with Gasteiger partial charge in [0.05, 0.1) is 16.5 Å². The first-order valence-corrected chi connectivity index (χ1v) is 10.0. The van der Waals surface area contributed by atoms with E-state index in [2.05, 4.69) is 10.4 Å². The zero-order chi connectivity index (χ0) is 16.9. The van der Waals surface area contributed by atoms with E-state index in [9.17, 15) is 0 Å². The van der Waals surface area contributed by atoms with E-state index in [1.807, 2.05) is 23.9 Å². The van der Waals surface area contributed by atoms with Gasteiger partial charge in [-0.1, -0.05) is 23.2 Å². The Bertz CT molecular complexity index is 753. The molecule has 0 bridgehead atoms. The van der Waals surface area contributed by atoms with Crippen molar-refractivity contribution in [2.24, 2.45) is 0 Å². The Kier molecular flexibility index (Phi) is 6.20. The standard InChI is InChI=1S/C17H14Cl2N2OS2/c18-13-8-14(19)10-15(9-13)22-16-2-1-12(11-20)7-17(16)24-21-3-5-23-6-4-21/h1-2,7-10H,3-6H2. The van der Waals surface area contributed by atoms with Crippen LogP contribution in [-0.4, -0.2) is 28.9 Å². The smallest absolute Gasteiger partial charge is 0.142 e. The van der Waals surface area contributed by atoms with Crippen LogP contribution in [0.15, 0.2) is 41.3 Å². The Hall–Kier alpha value is -1.03. The molecule has 1 fully saturated rings. The summed E-state index contributed by atoms with van der Waals surface area (Å²) in [5.41, 5.74) is 0.611. The monoisotopic (exact) mass is 396 g/mol. The number of rotatable bonds is 4. The van der Waals surface area contributed by atoms with Crippen molar-refractivity contribution in [3.05, 3.63) is 52.0 Å². The molecule has 0 unspecified atom stereocenters. The van der Waals surface area contributed by atoms with Crippen molar-refractivity contribution in [2.75, 3.05) is 24.6 Å². The number of nitrogens with zero attached hydrogens (tertiary/aromatic N) is 2. The summed E-state index contributed by atoms with van der Waals surface area (Å²) in [4.78, 5) is 0.914. The first-order chi connectivity index (χ1) is 11.6. The largest absolute Gasteiger partial charge is 0.456 e. The molecule has 0 radical (unpaired) electrons. The van der Waals surface area contributed by atoms with E-state index >= 15 is 0 Å². The number of hydrogen-bond acceptors (Lipinski definition) is 5. The second-order valence-electron chi connectivity index (χ2n) is 5.11. The van der Waals surface area contributed by atoms with Gasteiger partial charge in [-0.05, 0) is 48.3 Å². The third-order valence-corrected chi connectivity index (χ3v) is 5.85. The fourth-order valence-corrected chi connectivity index (χ4v) is 4.89. The molecule has 2 aromatic carbocycles. The van der Waals surface area contributed by atoms with E-state index in [0.717, 1.165) is 29.5 Å². The van der Waals surface area contributed by atoms with Gasteiger partial charge in [-0.15, -0.1) is 0 Å².